The summed E-state index contributed by atoms with van der Waals surface area (Å²) in [6.07, 6.45) is 3.27. The number of carbonyl (C=O) groups is 1. The lowest BCUT2D eigenvalue weighted by Gasteiger charge is -2.09. The summed E-state index contributed by atoms with van der Waals surface area (Å²) in [4.78, 5) is 19.9. The molecule has 0 unspecified atom stereocenters. The quantitative estimate of drug-likeness (QED) is 0.393. The normalized spacial score (nSPS) is 11.2. The van der Waals surface area contributed by atoms with Crippen LogP contribution in [0.2, 0.25) is 0 Å². The van der Waals surface area contributed by atoms with Gasteiger partial charge in [0, 0.05) is 17.1 Å². The third kappa shape index (κ3) is 3.50. The molecule has 2 aromatic carbocycles. The van der Waals surface area contributed by atoms with Crippen LogP contribution < -0.4 is 11.1 Å². The van der Waals surface area contributed by atoms with E-state index in [1.54, 1.807) is 6.07 Å². The second-order valence-electron chi connectivity index (χ2n) is 7.38. The van der Waals surface area contributed by atoms with Crippen molar-refractivity contribution in [3.05, 3.63) is 77.6 Å². The number of aromatic nitrogens is 2. The van der Waals surface area contributed by atoms with Crippen LogP contribution in [0.3, 0.4) is 0 Å². The van der Waals surface area contributed by atoms with E-state index in [2.05, 4.69) is 41.3 Å². The lowest BCUT2D eigenvalue weighted by atomic mass is 9.97. The molecular formula is C23H20F2N4O. The fraction of sp³-hybridized carbons (Fsp3) is 0.130. The molecule has 7 heteroatoms. The SMILES string of the molecule is CC(C)c1cccc(-c2c[nH]c3ncc(NC(=O)c4c(F)ccc(N)c4F)cc23)c1. The van der Waals surface area contributed by atoms with Crippen LogP contribution in [-0.4, -0.2) is 15.9 Å². The molecule has 0 saturated heterocycles. The maximum Gasteiger partial charge on any atom is 0.261 e. The number of amides is 1. The minimum Gasteiger partial charge on any atom is -0.396 e. The van der Waals surface area contributed by atoms with Crippen LogP contribution in [0.1, 0.15) is 35.7 Å². The van der Waals surface area contributed by atoms with Gasteiger partial charge in [0.15, 0.2) is 5.82 Å². The fourth-order valence-electron chi connectivity index (χ4n) is 3.35. The van der Waals surface area contributed by atoms with Gasteiger partial charge in [0.25, 0.3) is 5.91 Å². The first-order valence-electron chi connectivity index (χ1n) is 9.47. The number of aromatic amines is 1. The summed E-state index contributed by atoms with van der Waals surface area (Å²) in [5.74, 6) is -2.63. The molecule has 0 fully saturated rings. The van der Waals surface area contributed by atoms with Crippen molar-refractivity contribution in [1.82, 2.24) is 9.97 Å². The van der Waals surface area contributed by atoms with Crippen LogP contribution in [0.5, 0.6) is 0 Å². The number of halogens is 2. The average Bonchev–Trinajstić information content (AvgIpc) is 3.14. The van der Waals surface area contributed by atoms with Crippen molar-refractivity contribution in [2.45, 2.75) is 19.8 Å². The van der Waals surface area contributed by atoms with Crippen LogP contribution in [0.25, 0.3) is 22.2 Å². The van der Waals surface area contributed by atoms with Gasteiger partial charge in [-0.15, -0.1) is 0 Å². The number of H-pyrrole nitrogens is 1. The highest BCUT2D eigenvalue weighted by atomic mass is 19.1. The molecule has 0 aliphatic rings. The minimum atomic E-state index is -1.09. The number of benzene rings is 2. The Bertz CT molecular complexity index is 1260. The van der Waals surface area contributed by atoms with Crippen molar-refractivity contribution in [1.29, 1.82) is 0 Å². The Labute approximate surface area is 171 Å². The standard InChI is InChI=1S/C23H20F2N4O/c1-12(2)13-4-3-5-14(8-13)17-11-28-22-16(17)9-15(10-27-22)29-23(30)20-18(24)6-7-19(26)21(20)25/h3-12H,26H2,1-2H3,(H,27,28)(H,29,30). The zero-order valence-corrected chi connectivity index (χ0v) is 16.5. The number of carbonyl (C=O) groups excluding carboxylic acids is 1. The number of hydrogen-bond acceptors (Lipinski definition) is 3. The molecule has 4 rings (SSSR count). The molecular weight excluding hydrogens is 386 g/mol. The molecule has 0 spiro atoms. The van der Waals surface area contributed by atoms with Crippen molar-refractivity contribution in [2.24, 2.45) is 0 Å². The van der Waals surface area contributed by atoms with E-state index in [1.165, 1.54) is 11.8 Å². The van der Waals surface area contributed by atoms with Gasteiger partial charge < -0.3 is 16.0 Å². The molecule has 4 N–H and O–H groups in total. The molecule has 2 heterocycles. The van der Waals surface area contributed by atoms with Gasteiger partial charge >= 0.3 is 0 Å². The van der Waals surface area contributed by atoms with Gasteiger partial charge in [0.2, 0.25) is 0 Å². The molecule has 4 aromatic rings. The number of rotatable bonds is 4. The van der Waals surface area contributed by atoms with Crippen LogP contribution in [0.4, 0.5) is 20.2 Å². The predicted molar refractivity (Wildman–Crippen MR) is 114 cm³/mol. The monoisotopic (exact) mass is 406 g/mol. The van der Waals surface area contributed by atoms with E-state index in [-0.39, 0.29) is 5.69 Å². The highest BCUT2D eigenvalue weighted by Gasteiger charge is 2.20. The van der Waals surface area contributed by atoms with Gasteiger partial charge in [-0.05, 0) is 35.2 Å². The maximum absolute atomic E-state index is 14.2. The van der Waals surface area contributed by atoms with Crippen molar-refractivity contribution in [2.75, 3.05) is 11.1 Å². The number of nitrogens with one attached hydrogen (secondary N) is 2. The van der Waals surface area contributed by atoms with Gasteiger partial charge in [-0.25, -0.2) is 13.8 Å². The average molecular weight is 406 g/mol. The van der Waals surface area contributed by atoms with E-state index in [0.717, 1.165) is 28.6 Å². The van der Waals surface area contributed by atoms with Gasteiger partial charge in [-0.3, -0.25) is 4.79 Å². The van der Waals surface area contributed by atoms with Crippen LogP contribution in [-0.2, 0) is 0 Å². The molecule has 0 aliphatic carbocycles. The summed E-state index contributed by atoms with van der Waals surface area (Å²) in [6, 6.07) is 11.9. The first kappa shape index (κ1) is 19.6. The number of nitrogens with zero attached hydrogens (tertiary/aromatic N) is 1. The number of nitrogen functional groups attached to an aromatic ring is 1. The second kappa shape index (κ2) is 7.59. The molecule has 0 aliphatic heterocycles. The van der Waals surface area contributed by atoms with E-state index in [0.29, 0.717) is 17.3 Å². The van der Waals surface area contributed by atoms with Gasteiger partial charge in [-0.1, -0.05) is 38.1 Å². The third-order valence-corrected chi connectivity index (χ3v) is 5.00. The van der Waals surface area contributed by atoms with Crippen LogP contribution in [0, 0.1) is 11.6 Å². The Hall–Kier alpha value is -3.74. The largest absolute Gasteiger partial charge is 0.396 e. The van der Waals surface area contributed by atoms with Gasteiger partial charge in [-0.2, -0.15) is 0 Å². The zero-order valence-electron chi connectivity index (χ0n) is 16.5. The molecule has 0 atom stereocenters. The first-order chi connectivity index (χ1) is 14.3. The van der Waals surface area contributed by atoms with Gasteiger partial charge in [0.05, 0.1) is 17.6 Å². The molecule has 0 bridgehead atoms. The topological polar surface area (TPSA) is 83.8 Å². The lowest BCUT2D eigenvalue weighted by Crippen LogP contribution is -2.17. The Morgan fingerprint density at radius 2 is 1.97 bits per heavy atom. The Morgan fingerprint density at radius 1 is 1.17 bits per heavy atom. The number of hydrogen-bond donors (Lipinski definition) is 3. The number of pyridine rings is 1. The number of anilines is 2. The molecule has 2 aromatic heterocycles. The van der Waals surface area contributed by atoms with Crippen LogP contribution in [0.15, 0.2) is 54.9 Å². The van der Waals surface area contributed by atoms with E-state index in [1.807, 2.05) is 18.3 Å². The molecule has 0 saturated carbocycles. The first-order valence-corrected chi connectivity index (χ1v) is 9.47. The summed E-state index contributed by atoms with van der Waals surface area (Å²) in [6.45, 7) is 4.25. The summed E-state index contributed by atoms with van der Waals surface area (Å²) in [5.41, 5.74) is 8.51. The number of fused-ring (bicyclic) bond motifs is 1. The van der Waals surface area contributed by atoms with Crippen molar-refractivity contribution in [3.8, 4) is 11.1 Å². The Balaban J connectivity index is 1.71. The van der Waals surface area contributed by atoms with E-state index >= 15 is 0 Å². The van der Waals surface area contributed by atoms with Crippen molar-refractivity contribution < 1.29 is 13.6 Å². The summed E-state index contributed by atoms with van der Waals surface area (Å²) in [5, 5.41) is 3.29. The summed E-state index contributed by atoms with van der Waals surface area (Å²) >= 11 is 0. The van der Waals surface area contributed by atoms with Crippen molar-refractivity contribution in [3.63, 3.8) is 0 Å². The highest BCUT2D eigenvalue weighted by molar-refractivity contribution is 6.06. The Morgan fingerprint density at radius 3 is 2.73 bits per heavy atom. The molecule has 30 heavy (non-hydrogen) atoms. The lowest BCUT2D eigenvalue weighted by molar-refractivity contribution is 0.101. The summed E-state index contributed by atoms with van der Waals surface area (Å²) in [7, 11) is 0. The molecule has 0 radical (unpaired) electrons. The Kier molecular flexibility index (Phi) is 4.95. The minimum absolute atomic E-state index is 0.298. The zero-order chi connectivity index (χ0) is 21.4. The third-order valence-electron chi connectivity index (χ3n) is 5.00. The predicted octanol–water partition coefficient (Wildman–Crippen LogP) is 5.47. The maximum atomic E-state index is 14.2. The van der Waals surface area contributed by atoms with E-state index in [4.69, 9.17) is 5.73 Å². The number of nitrogens with two attached hydrogens (primary N) is 1. The fourth-order valence-corrected chi connectivity index (χ4v) is 3.35. The highest BCUT2D eigenvalue weighted by Crippen LogP contribution is 2.31. The van der Waals surface area contributed by atoms with Crippen molar-refractivity contribution >= 4 is 28.3 Å². The molecule has 152 valence electrons. The van der Waals surface area contributed by atoms with E-state index in [9.17, 15) is 13.6 Å². The second-order valence-corrected chi connectivity index (χ2v) is 7.38. The molecule has 5 nitrogen and oxygen atoms in total. The van der Waals surface area contributed by atoms with Gasteiger partial charge in [0.1, 0.15) is 17.0 Å². The molecule has 1 amide bonds. The smallest absolute Gasteiger partial charge is 0.261 e. The van der Waals surface area contributed by atoms with Crippen LogP contribution >= 0.6 is 0 Å². The van der Waals surface area contributed by atoms with E-state index < -0.39 is 23.1 Å². The summed E-state index contributed by atoms with van der Waals surface area (Å²) < 4.78 is 28.2.